The van der Waals surface area contributed by atoms with Gasteiger partial charge in [0.2, 0.25) is 0 Å². The first-order chi connectivity index (χ1) is 13.6. The molecule has 0 heterocycles. The highest BCUT2D eigenvalue weighted by Crippen LogP contribution is 2.27. The van der Waals surface area contributed by atoms with E-state index in [2.05, 4.69) is 5.32 Å². The minimum Gasteiger partial charge on any atom is -0.497 e. The molecule has 3 rings (SSSR count). The van der Waals surface area contributed by atoms with Crippen LogP contribution in [0.5, 0.6) is 11.5 Å². The lowest BCUT2D eigenvalue weighted by Gasteiger charge is -2.20. The van der Waals surface area contributed by atoms with Crippen molar-refractivity contribution in [2.75, 3.05) is 19.5 Å². The van der Waals surface area contributed by atoms with Crippen LogP contribution >= 0.6 is 11.6 Å². The molecule has 0 saturated carbocycles. The molecule has 28 heavy (non-hydrogen) atoms. The molecule has 144 valence electrons. The Balaban J connectivity index is 1.83. The molecule has 0 bridgehead atoms. The molecular formula is C23H22ClNO3. The van der Waals surface area contributed by atoms with Crippen molar-refractivity contribution in [3.8, 4) is 11.5 Å². The third kappa shape index (κ3) is 5.05. The van der Waals surface area contributed by atoms with E-state index in [1.807, 2.05) is 48.5 Å². The highest BCUT2D eigenvalue weighted by molar-refractivity contribution is 6.30. The highest BCUT2D eigenvalue weighted by Gasteiger charge is 2.18. The molecule has 0 spiro atoms. The molecule has 0 aliphatic rings. The molecule has 0 aromatic heterocycles. The largest absolute Gasteiger partial charge is 0.497 e. The number of hydrogen-bond acceptors (Lipinski definition) is 4. The number of halogens is 1. The number of Topliss-reactive ketones (excluding diaryl/α,β-unsaturated/α-hetero) is 1. The van der Waals surface area contributed by atoms with Crippen LogP contribution in [0.2, 0.25) is 5.02 Å². The standard InChI is InChI=1S/C23H22ClNO3/c1-27-20-11-3-16(4-12-20)22(25-19-9-7-18(24)8-10-19)15-23(26)17-5-13-21(28-2)14-6-17/h3-14,22,25H,15H2,1-2H3/t22-/m1/s1. The van der Waals surface area contributed by atoms with Crippen molar-refractivity contribution >= 4 is 23.1 Å². The Kier molecular flexibility index (Phi) is 6.56. The molecule has 0 amide bonds. The van der Waals surface area contributed by atoms with E-state index in [0.717, 1.165) is 22.7 Å². The predicted octanol–water partition coefficient (Wildman–Crippen LogP) is 5.78. The Labute approximate surface area is 170 Å². The number of methoxy groups -OCH3 is 2. The van der Waals surface area contributed by atoms with Crippen molar-refractivity contribution < 1.29 is 14.3 Å². The molecule has 3 aromatic carbocycles. The van der Waals surface area contributed by atoms with E-state index in [9.17, 15) is 4.79 Å². The molecule has 1 N–H and O–H groups in total. The Bertz CT molecular complexity index is 906. The van der Waals surface area contributed by atoms with Gasteiger partial charge in [-0.25, -0.2) is 0 Å². The van der Waals surface area contributed by atoms with Gasteiger partial charge in [0.15, 0.2) is 5.78 Å². The van der Waals surface area contributed by atoms with E-state index in [0.29, 0.717) is 17.0 Å². The van der Waals surface area contributed by atoms with E-state index in [1.54, 1.807) is 38.5 Å². The van der Waals surface area contributed by atoms with Crippen LogP contribution in [-0.2, 0) is 0 Å². The number of hydrogen-bond donors (Lipinski definition) is 1. The summed E-state index contributed by atoms with van der Waals surface area (Å²) in [6, 6.07) is 22.1. The van der Waals surface area contributed by atoms with Gasteiger partial charge < -0.3 is 14.8 Å². The van der Waals surface area contributed by atoms with Crippen molar-refractivity contribution in [1.29, 1.82) is 0 Å². The van der Waals surface area contributed by atoms with Crippen LogP contribution in [0.1, 0.15) is 28.4 Å². The second kappa shape index (κ2) is 9.29. The first-order valence-electron chi connectivity index (χ1n) is 8.92. The van der Waals surface area contributed by atoms with Crippen LogP contribution in [0.3, 0.4) is 0 Å². The van der Waals surface area contributed by atoms with Gasteiger partial charge in [-0.2, -0.15) is 0 Å². The van der Waals surface area contributed by atoms with Crippen molar-refractivity contribution in [2.24, 2.45) is 0 Å². The van der Waals surface area contributed by atoms with Gasteiger partial charge in [0.1, 0.15) is 11.5 Å². The minimum absolute atomic E-state index is 0.0462. The average Bonchev–Trinajstić information content (AvgIpc) is 2.75. The maximum Gasteiger partial charge on any atom is 0.165 e. The molecule has 3 aromatic rings. The number of benzene rings is 3. The molecule has 0 radical (unpaired) electrons. The zero-order valence-corrected chi connectivity index (χ0v) is 16.6. The third-order valence-corrected chi connectivity index (χ3v) is 4.76. The molecule has 0 unspecified atom stereocenters. The number of carbonyl (C=O) groups is 1. The fraction of sp³-hybridized carbons (Fsp3) is 0.174. The SMILES string of the molecule is COc1ccc(C(=O)C[C@@H](Nc2ccc(Cl)cc2)c2ccc(OC)cc2)cc1. The van der Waals surface area contributed by atoms with Crippen LogP contribution in [-0.4, -0.2) is 20.0 Å². The molecule has 4 nitrogen and oxygen atoms in total. The summed E-state index contributed by atoms with van der Waals surface area (Å²) in [6.45, 7) is 0. The third-order valence-electron chi connectivity index (χ3n) is 4.50. The van der Waals surface area contributed by atoms with Gasteiger partial charge in [0, 0.05) is 22.7 Å². The monoisotopic (exact) mass is 395 g/mol. The lowest BCUT2D eigenvalue weighted by atomic mass is 9.97. The summed E-state index contributed by atoms with van der Waals surface area (Å²) in [5.41, 5.74) is 2.54. The first kappa shape index (κ1) is 19.8. The van der Waals surface area contributed by atoms with Gasteiger partial charge in [-0.05, 0) is 66.2 Å². The Morgan fingerprint density at radius 2 is 1.39 bits per heavy atom. The maximum absolute atomic E-state index is 12.9. The molecule has 0 fully saturated rings. The summed E-state index contributed by atoms with van der Waals surface area (Å²) < 4.78 is 10.4. The number of rotatable bonds is 8. The van der Waals surface area contributed by atoms with Crippen molar-refractivity contribution in [2.45, 2.75) is 12.5 Å². The summed E-state index contributed by atoms with van der Waals surface area (Å²) in [7, 11) is 3.23. The molecular weight excluding hydrogens is 374 g/mol. The van der Waals surface area contributed by atoms with E-state index in [1.165, 1.54) is 0 Å². The zero-order valence-electron chi connectivity index (χ0n) is 15.8. The quantitative estimate of drug-likeness (QED) is 0.491. The fourth-order valence-corrected chi connectivity index (χ4v) is 3.04. The number of ether oxygens (including phenoxy) is 2. The second-order valence-electron chi connectivity index (χ2n) is 6.33. The number of ketones is 1. The summed E-state index contributed by atoms with van der Waals surface area (Å²) in [6.07, 6.45) is 0.307. The smallest absolute Gasteiger partial charge is 0.165 e. The van der Waals surface area contributed by atoms with Crippen LogP contribution in [0, 0.1) is 0 Å². The fourth-order valence-electron chi connectivity index (χ4n) is 2.92. The second-order valence-corrected chi connectivity index (χ2v) is 6.77. The predicted molar refractivity (Wildman–Crippen MR) is 113 cm³/mol. The van der Waals surface area contributed by atoms with Gasteiger partial charge in [-0.15, -0.1) is 0 Å². The van der Waals surface area contributed by atoms with Crippen LogP contribution < -0.4 is 14.8 Å². The summed E-state index contributed by atoms with van der Waals surface area (Å²) in [5.74, 6) is 1.54. The van der Waals surface area contributed by atoms with Crippen LogP contribution in [0.25, 0.3) is 0 Å². The zero-order chi connectivity index (χ0) is 19.9. The van der Waals surface area contributed by atoms with Crippen LogP contribution in [0.4, 0.5) is 5.69 Å². The van der Waals surface area contributed by atoms with Gasteiger partial charge in [-0.3, -0.25) is 4.79 Å². The summed E-state index contributed by atoms with van der Waals surface area (Å²) in [5, 5.41) is 4.11. The van der Waals surface area contributed by atoms with Crippen molar-refractivity contribution in [1.82, 2.24) is 0 Å². The normalized spacial score (nSPS) is 11.5. The van der Waals surface area contributed by atoms with E-state index >= 15 is 0 Å². The van der Waals surface area contributed by atoms with Crippen molar-refractivity contribution in [3.63, 3.8) is 0 Å². The molecule has 1 atom stereocenters. The topological polar surface area (TPSA) is 47.6 Å². The van der Waals surface area contributed by atoms with Crippen molar-refractivity contribution in [3.05, 3.63) is 88.9 Å². The Morgan fingerprint density at radius 3 is 1.93 bits per heavy atom. The van der Waals surface area contributed by atoms with Gasteiger partial charge >= 0.3 is 0 Å². The van der Waals surface area contributed by atoms with Gasteiger partial charge in [0.05, 0.1) is 20.3 Å². The van der Waals surface area contributed by atoms with E-state index < -0.39 is 0 Å². The molecule has 0 aliphatic carbocycles. The number of carbonyl (C=O) groups excluding carboxylic acids is 1. The lowest BCUT2D eigenvalue weighted by molar-refractivity contribution is 0.0976. The van der Waals surface area contributed by atoms with E-state index in [-0.39, 0.29) is 11.8 Å². The summed E-state index contributed by atoms with van der Waals surface area (Å²) in [4.78, 5) is 12.9. The highest BCUT2D eigenvalue weighted by atomic mass is 35.5. The molecule has 5 heteroatoms. The minimum atomic E-state index is -0.193. The maximum atomic E-state index is 12.9. The lowest BCUT2D eigenvalue weighted by Crippen LogP contribution is -2.16. The van der Waals surface area contributed by atoms with Crippen LogP contribution in [0.15, 0.2) is 72.8 Å². The van der Waals surface area contributed by atoms with E-state index in [4.69, 9.17) is 21.1 Å². The Morgan fingerprint density at radius 1 is 0.857 bits per heavy atom. The number of nitrogens with one attached hydrogen (secondary N) is 1. The molecule has 0 aliphatic heterocycles. The Hall–Kier alpha value is -2.98. The molecule has 0 saturated heterocycles. The first-order valence-corrected chi connectivity index (χ1v) is 9.30. The average molecular weight is 396 g/mol. The summed E-state index contributed by atoms with van der Waals surface area (Å²) >= 11 is 5.98. The number of anilines is 1. The van der Waals surface area contributed by atoms with Gasteiger partial charge in [-0.1, -0.05) is 23.7 Å². The van der Waals surface area contributed by atoms with Gasteiger partial charge in [0.25, 0.3) is 0 Å².